The number of nitrogens with one attached hydrogen (secondary N) is 1. The summed E-state index contributed by atoms with van der Waals surface area (Å²) >= 11 is 0. The number of hydrogen-bond acceptors (Lipinski definition) is 5. The Bertz CT molecular complexity index is 810. The van der Waals surface area contributed by atoms with Gasteiger partial charge in [-0.25, -0.2) is 0 Å². The molecule has 1 aromatic carbocycles. The Hall–Kier alpha value is -2.93. The second kappa shape index (κ2) is 8.64. The number of carbonyl (C=O) groups is 2. The minimum Gasteiger partial charge on any atom is -0.497 e. The van der Waals surface area contributed by atoms with Crippen LogP contribution in [0.5, 0.6) is 5.75 Å². The van der Waals surface area contributed by atoms with Gasteiger partial charge < -0.3 is 19.7 Å². The van der Waals surface area contributed by atoms with Crippen molar-refractivity contribution in [3.63, 3.8) is 0 Å². The van der Waals surface area contributed by atoms with Crippen LogP contribution in [0, 0.1) is 0 Å². The van der Waals surface area contributed by atoms with E-state index in [2.05, 4.69) is 10.3 Å². The lowest BCUT2D eigenvalue weighted by Crippen LogP contribution is -2.40. The molecule has 7 heteroatoms. The number of ether oxygens (including phenoxy) is 2. The quantitative estimate of drug-likeness (QED) is 0.809. The first-order valence-electron chi connectivity index (χ1n) is 8.76. The number of methoxy groups -OCH3 is 2. The third-order valence-corrected chi connectivity index (χ3v) is 4.57. The van der Waals surface area contributed by atoms with Crippen LogP contribution in [0.2, 0.25) is 0 Å². The third kappa shape index (κ3) is 4.43. The zero-order chi connectivity index (χ0) is 19.2. The number of benzene rings is 1. The number of aromatic nitrogens is 1. The Morgan fingerprint density at radius 2 is 2.19 bits per heavy atom. The van der Waals surface area contributed by atoms with Crippen molar-refractivity contribution in [3.05, 3.63) is 53.9 Å². The van der Waals surface area contributed by atoms with Gasteiger partial charge >= 0.3 is 0 Å². The predicted molar refractivity (Wildman–Crippen MR) is 101 cm³/mol. The number of rotatable bonds is 7. The largest absolute Gasteiger partial charge is 0.497 e. The fraction of sp³-hybridized carbons (Fsp3) is 0.350. The maximum Gasteiger partial charge on any atom is 0.231 e. The molecule has 0 radical (unpaired) electrons. The SMILES string of the molecule is COCCN(Cc1cccnc1)C(=O)[C@H]1CC(=O)Nc2ccc(OC)cc21. The number of anilines is 1. The highest BCUT2D eigenvalue weighted by Crippen LogP contribution is 2.36. The maximum atomic E-state index is 13.3. The molecule has 2 heterocycles. The van der Waals surface area contributed by atoms with Crippen molar-refractivity contribution in [2.45, 2.75) is 18.9 Å². The Balaban J connectivity index is 1.89. The highest BCUT2D eigenvalue weighted by molar-refractivity contribution is 6.01. The summed E-state index contributed by atoms with van der Waals surface area (Å²) in [6.07, 6.45) is 3.53. The molecule has 0 unspecified atom stereocenters. The second-order valence-corrected chi connectivity index (χ2v) is 6.37. The van der Waals surface area contributed by atoms with Crippen molar-refractivity contribution >= 4 is 17.5 Å². The summed E-state index contributed by atoms with van der Waals surface area (Å²) in [5.41, 5.74) is 2.35. The van der Waals surface area contributed by atoms with E-state index in [1.165, 1.54) is 0 Å². The molecule has 7 nitrogen and oxygen atoms in total. The van der Waals surface area contributed by atoms with Gasteiger partial charge in [0.2, 0.25) is 11.8 Å². The van der Waals surface area contributed by atoms with E-state index < -0.39 is 5.92 Å². The zero-order valence-electron chi connectivity index (χ0n) is 15.5. The van der Waals surface area contributed by atoms with Crippen molar-refractivity contribution < 1.29 is 19.1 Å². The first kappa shape index (κ1) is 18.8. The van der Waals surface area contributed by atoms with Gasteiger partial charge in [0.05, 0.1) is 19.6 Å². The van der Waals surface area contributed by atoms with Crippen LogP contribution in [-0.4, -0.2) is 49.1 Å². The van der Waals surface area contributed by atoms with Crippen molar-refractivity contribution in [1.82, 2.24) is 9.88 Å². The Morgan fingerprint density at radius 1 is 1.33 bits per heavy atom. The predicted octanol–water partition coefficient (Wildman–Crippen LogP) is 2.19. The zero-order valence-corrected chi connectivity index (χ0v) is 15.5. The first-order valence-corrected chi connectivity index (χ1v) is 8.76. The van der Waals surface area contributed by atoms with Crippen LogP contribution < -0.4 is 10.1 Å². The fourth-order valence-electron chi connectivity index (χ4n) is 3.19. The smallest absolute Gasteiger partial charge is 0.231 e. The summed E-state index contributed by atoms with van der Waals surface area (Å²) in [5.74, 6) is -0.185. The van der Waals surface area contributed by atoms with Crippen molar-refractivity contribution in [2.75, 3.05) is 32.7 Å². The third-order valence-electron chi connectivity index (χ3n) is 4.57. The average Bonchev–Trinajstić information content (AvgIpc) is 2.70. The van der Waals surface area contributed by atoms with Crippen molar-refractivity contribution in [3.8, 4) is 5.75 Å². The van der Waals surface area contributed by atoms with Gasteiger partial charge in [-0.15, -0.1) is 0 Å². The molecule has 1 aromatic heterocycles. The van der Waals surface area contributed by atoms with Crippen LogP contribution in [-0.2, 0) is 20.9 Å². The molecule has 0 saturated carbocycles. The first-order chi connectivity index (χ1) is 13.1. The van der Waals surface area contributed by atoms with Crippen LogP contribution in [0.25, 0.3) is 0 Å². The average molecular weight is 369 g/mol. The van der Waals surface area contributed by atoms with E-state index in [-0.39, 0.29) is 18.2 Å². The van der Waals surface area contributed by atoms with E-state index in [1.807, 2.05) is 18.2 Å². The van der Waals surface area contributed by atoms with E-state index in [9.17, 15) is 9.59 Å². The van der Waals surface area contributed by atoms with Crippen LogP contribution in [0.4, 0.5) is 5.69 Å². The van der Waals surface area contributed by atoms with Gasteiger partial charge in [-0.05, 0) is 35.4 Å². The Morgan fingerprint density at radius 3 is 2.89 bits per heavy atom. The number of carbonyl (C=O) groups excluding carboxylic acids is 2. The van der Waals surface area contributed by atoms with Crippen LogP contribution in [0.3, 0.4) is 0 Å². The molecule has 1 aliphatic rings. The van der Waals surface area contributed by atoms with Crippen LogP contribution in [0.15, 0.2) is 42.7 Å². The minimum absolute atomic E-state index is 0.107. The molecule has 1 N–H and O–H groups in total. The van der Waals surface area contributed by atoms with Crippen molar-refractivity contribution in [2.24, 2.45) is 0 Å². The molecule has 0 bridgehead atoms. The topological polar surface area (TPSA) is 80.8 Å². The van der Waals surface area contributed by atoms with Crippen molar-refractivity contribution in [1.29, 1.82) is 0 Å². The number of amides is 2. The molecule has 0 spiro atoms. The highest BCUT2D eigenvalue weighted by Gasteiger charge is 2.33. The van der Waals surface area contributed by atoms with Gasteiger partial charge in [0, 0.05) is 44.7 Å². The number of pyridine rings is 1. The maximum absolute atomic E-state index is 13.3. The van der Waals surface area contributed by atoms with E-state index in [1.54, 1.807) is 43.6 Å². The highest BCUT2D eigenvalue weighted by atomic mass is 16.5. The Kier molecular flexibility index (Phi) is 6.03. The summed E-state index contributed by atoms with van der Waals surface area (Å²) in [4.78, 5) is 31.3. The van der Waals surface area contributed by atoms with E-state index >= 15 is 0 Å². The molecule has 2 amide bonds. The summed E-state index contributed by atoms with van der Waals surface area (Å²) < 4.78 is 10.5. The van der Waals surface area contributed by atoms with E-state index in [4.69, 9.17) is 9.47 Å². The molecule has 0 saturated heterocycles. The lowest BCUT2D eigenvalue weighted by molar-refractivity contribution is -0.136. The molecular weight excluding hydrogens is 346 g/mol. The number of fused-ring (bicyclic) bond motifs is 1. The van der Waals surface area contributed by atoms with E-state index in [0.29, 0.717) is 31.1 Å². The summed E-state index contributed by atoms with van der Waals surface area (Å²) in [6.45, 7) is 1.25. The molecule has 2 aromatic rings. The van der Waals surface area contributed by atoms with Gasteiger partial charge in [-0.1, -0.05) is 6.07 Å². The standard InChI is InChI=1S/C20H23N3O4/c1-26-9-8-23(13-14-4-3-7-21-12-14)20(25)17-11-19(24)22-18-6-5-15(27-2)10-16(17)18/h3-7,10,12,17H,8-9,11,13H2,1-2H3,(H,22,24)/t17-/m0/s1. The summed E-state index contributed by atoms with van der Waals surface area (Å²) in [6, 6.07) is 9.11. The van der Waals surface area contributed by atoms with Crippen LogP contribution in [0.1, 0.15) is 23.5 Å². The lowest BCUT2D eigenvalue weighted by atomic mass is 9.89. The summed E-state index contributed by atoms with van der Waals surface area (Å²) in [7, 11) is 3.17. The normalized spacial score (nSPS) is 15.6. The Labute approximate surface area is 158 Å². The number of hydrogen-bond donors (Lipinski definition) is 1. The molecule has 27 heavy (non-hydrogen) atoms. The van der Waals surface area contributed by atoms with Gasteiger partial charge in [0.15, 0.2) is 0 Å². The lowest BCUT2D eigenvalue weighted by Gasteiger charge is -2.31. The molecule has 3 rings (SSSR count). The van der Waals surface area contributed by atoms with E-state index in [0.717, 1.165) is 11.1 Å². The molecule has 142 valence electrons. The fourth-order valence-corrected chi connectivity index (χ4v) is 3.19. The molecule has 0 fully saturated rings. The molecule has 0 aliphatic carbocycles. The molecular formula is C20H23N3O4. The van der Waals surface area contributed by atoms with Gasteiger partial charge in [0.25, 0.3) is 0 Å². The minimum atomic E-state index is -0.558. The van der Waals surface area contributed by atoms with Gasteiger partial charge in [-0.2, -0.15) is 0 Å². The van der Waals surface area contributed by atoms with Crippen LogP contribution >= 0.6 is 0 Å². The summed E-state index contributed by atoms with van der Waals surface area (Å²) in [5, 5.41) is 2.83. The van der Waals surface area contributed by atoms with Gasteiger partial charge in [0.1, 0.15) is 5.75 Å². The monoisotopic (exact) mass is 369 g/mol. The second-order valence-electron chi connectivity index (χ2n) is 6.37. The molecule has 1 atom stereocenters. The number of nitrogens with zero attached hydrogens (tertiary/aromatic N) is 2. The van der Waals surface area contributed by atoms with Gasteiger partial charge in [-0.3, -0.25) is 14.6 Å². The molecule has 1 aliphatic heterocycles.